The maximum atomic E-state index is 4.37. The molecule has 2 aromatic heterocycles. The van der Waals surface area contributed by atoms with Crippen molar-refractivity contribution in [3.8, 4) is 0 Å². The second-order valence-corrected chi connectivity index (χ2v) is 5.64. The van der Waals surface area contributed by atoms with Gasteiger partial charge in [-0.3, -0.25) is 0 Å². The molecule has 3 nitrogen and oxygen atoms in total. The zero-order valence-electron chi connectivity index (χ0n) is 9.83. The first-order valence-electron chi connectivity index (χ1n) is 5.48. The molecule has 0 fully saturated rings. The van der Waals surface area contributed by atoms with Crippen LogP contribution in [0.2, 0.25) is 0 Å². The van der Waals surface area contributed by atoms with Crippen molar-refractivity contribution in [3.63, 3.8) is 0 Å². The Morgan fingerprint density at radius 2 is 2.18 bits per heavy atom. The fourth-order valence-electron chi connectivity index (χ4n) is 1.53. The van der Waals surface area contributed by atoms with Gasteiger partial charge < -0.3 is 5.32 Å². The number of nitrogens with one attached hydrogen (secondary N) is 1. The Morgan fingerprint density at radius 1 is 1.35 bits per heavy atom. The SMILES string of the molecule is CCc1cc(NCc2cc(Br)cs2)nc(C)n1. The van der Waals surface area contributed by atoms with Crippen LogP contribution in [0.4, 0.5) is 5.82 Å². The van der Waals surface area contributed by atoms with Gasteiger partial charge in [-0.2, -0.15) is 0 Å². The minimum absolute atomic E-state index is 0.801. The summed E-state index contributed by atoms with van der Waals surface area (Å²) in [5, 5.41) is 5.41. The number of hydrogen-bond acceptors (Lipinski definition) is 4. The van der Waals surface area contributed by atoms with Gasteiger partial charge in [0.1, 0.15) is 11.6 Å². The van der Waals surface area contributed by atoms with Crippen LogP contribution >= 0.6 is 27.3 Å². The van der Waals surface area contributed by atoms with Crippen LogP contribution in [0.1, 0.15) is 23.3 Å². The highest BCUT2D eigenvalue weighted by Gasteiger charge is 2.02. The molecule has 2 heterocycles. The molecule has 0 saturated heterocycles. The lowest BCUT2D eigenvalue weighted by atomic mass is 10.3. The fourth-order valence-corrected chi connectivity index (χ4v) is 2.92. The van der Waals surface area contributed by atoms with Gasteiger partial charge in [-0.25, -0.2) is 9.97 Å². The number of halogens is 1. The molecule has 0 unspecified atom stereocenters. The molecule has 0 atom stereocenters. The van der Waals surface area contributed by atoms with E-state index in [1.54, 1.807) is 11.3 Å². The molecule has 0 radical (unpaired) electrons. The first-order valence-corrected chi connectivity index (χ1v) is 7.16. The summed E-state index contributed by atoms with van der Waals surface area (Å²) in [6.45, 7) is 4.82. The first-order chi connectivity index (χ1) is 8.17. The maximum Gasteiger partial charge on any atom is 0.130 e. The van der Waals surface area contributed by atoms with E-state index in [0.29, 0.717) is 0 Å². The molecule has 5 heteroatoms. The van der Waals surface area contributed by atoms with Crippen molar-refractivity contribution < 1.29 is 0 Å². The van der Waals surface area contributed by atoms with E-state index in [-0.39, 0.29) is 0 Å². The van der Waals surface area contributed by atoms with Crippen molar-refractivity contribution in [2.24, 2.45) is 0 Å². The molecule has 90 valence electrons. The van der Waals surface area contributed by atoms with Crippen LogP contribution in [-0.4, -0.2) is 9.97 Å². The minimum atomic E-state index is 0.801. The first kappa shape index (κ1) is 12.5. The molecule has 0 bridgehead atoms. The highest BCUT2D eigenvalue weighted by Crippen LogP contribution is 2.20. The number of rotatable bonds is 4. The van der Waals surface area contributed by atoms with E-state index in [2.05, 4.69) is 49.6 Å². The van der Waals surface area contributed by atoms with Crippen LogP contribution in [0.25, 0.3) is 0 Å². The molecule has 0 aliphatic carbocycles. The summed E-state index contributed by atoms with van der Waals surface area (Å²) in [5.74, 6) is 1.72. The third kappa shape index (κ3) is 3.51. The van der Waals surface area contributed by atoms with Gasteiger partial charge in [0.15, 0.2) is 0 Å². The number of thiophene rings is 1. The van der Waals surface area contributed by atoms with Crippen LogP contribution < -0.4 is 5.32 Å². The number of nitrogens with zero attached hydrogens (tertiary/aromatic N) is 2. The summed E-state index contributed by atoms with van der Waals surface area (Å²) in [5.41, 5.74) is 1.08. The normalized spacial score (nSPS) is 10.5. The lowest BCUT2D eigenvalue weighted by Crippen LogP contribution is -2.03. The number of anilines is 1. The summed E-state index contributed by atoms with van der Waals surface area (Å²) in [6, 6.07) is 4.13. The van der Waals surface area contributed by atoms with Crippen molar-refractivity contribution in [2.45, 2.75) is 26.8 Å². The van der Waals surface area contributed by atoms with E-state index in [1.165, 1.54) is 4.88 Å². The minimum Gasteiger partial charge on any atom is -0.365 e. The van der Waals surface area contributed by atoms with Gasteiger partial charge in [-0.05, 0) is 35.3 Å². The second-order valence-electron chi connectivity index (χ2n) is 3.73. The van der Waals surface area contributed by atoms with Crippen LogP contribution in [-0.2, 0) is 13.0 Å². The van der Waals surface area contributed by atoms with E-state index in [9.17, 15) is 0 Å². The van der Waals surface area contributed by atoms with Crippen LogP contribution in [0, 0.1) is 6.92 Å². The third-order valence-electron chi connectivity index (χ3n) is 2.32. The van der Waals surface area contributed by atoms with Crippen LogP contribution in [0.3, 0.4) is 0 Å². The van der Waals surface area contributed by atoms with Crippen molar-refractivity contribution in [3.05, 3.63) is 38.4 Å². The Kier molecular flexibility index (Phi) is 4.12. The summed E-state index contributed by atoms with van der Waals surface area (Å²) < 4.78 is 1.13. The van der Waals surface area contributed by atoms with Gasteiger partial charge in [0.2, 0.25) is 0 Å². The summed E-state index contributed by atoms with van der Waals surface area (Å²) in [4.78, 5) is 10.0. The van der Waals surface area contributed by atoms with E-state index in [4.69, 9.17) is 0 Å². The Morgan fingerprint density at radius 3 is 2.82 bits per heavy atom. The van der Waals surface area contributed by atoms with E-state index < -0.39 is 0 Å². The monoisotopic (exact) mass is 311 g/mol. The summed E-state index contributed by atoms with van der Waals surface area (Å²) in [6.07, 6.45) is 0.933. The zero-order valence-corrected chi connectivity index (χ0v) is 12.2. The zero-order chi connectivity index (χ0) is 12.3. The summed E-state index contributed by atoms with van der Waals surface area (Å²) >= 11 is 5.18. The average Bonchev–Trinajstić information content (AvgIpc) is 2.72. The number of hydrogen-bond donors (Lipinski definition) is 1. The van der Waals surface area contributed by atoms with Gasteiger partial charge in [0.05, 0.1) is 6.54 Å². The predicted molar refractivity (Wildman–Crippen MR) is 75.5 cm³/mol. The molecule has 1 N–H and O–H groups in total. The average molecular weight is 312 g/mol. The van der Waals surface area contributed by atoms with Crippen LogP contribution in [0.5, 0.6) is 0 Å². The molecular formula is C12H14BrN3S. The maximum absolute atomic E-state index is 4.37. The smallest absolute Gasteiger partial charge is 0.130 e. The van der Waals surface area contributed by atoms with Crippen molar-refractivity contribution in [2.75, 3.05) is 5.32 Å². The van der Waals surface area contributed by atoms with Gasteiger partial charge >= 0.3 is 0 Å². The molecule has 0 aromatic carbocycles. The third-order valence-corrected chi connectivity index (χ3v) is 4.02. The quantitative estimate of drug-likeness (QED) is 0.933. The van der Waals surface area contributed by atoms with Gasteiger partial charge in [0.25, 0.3) is 0 Å². The molecule has 0 aliphatic heterocycles. The van der Waals surface area contributed by atoms with E-state index >= 15 is 0 Å². The Hall–Kier alpha value is -0.940. The lowest BCUT2D eigenvalue weighted by Gasteiger charge is -2.06. The van der Waals surface area contributed by atoms with Crippen molar-refractivity contribution >= 4 is 33.1 Å². The molecule has 17 heavy (non-hydrogen) atoms. The van der Waals surface area contributed by atoms with Crippen molar-refractivity contribution in [1.29, 1.82) is 0 Å². The van der Waals surface area contributed by atoms with Gasteiger partial charge in [0, 0.05) is 26.5 Å². The molecule has 0 saturated carbocycles. The Bertz CT molecular complexity index is 510. The summed E-state index contributed by atoms with van der Waals surface area (Å²) in [7, 11) is 0. The topological polar surface area (TPSA) is 37.8 Å². The van der Waals surface area contributed by atoms with Gasteiger partial charge in [-0.1, -0.05) is 6.92 Å². The Balaban J connectivity index is 2.05. The lowest BCUT2D eigenvalue weighted by molar-refractivity contribution is 0.943. The Labute approximate surface area is 113 Å². The molecular weight excluding hydrogens is 298 g/mol. The highest BCUT2D eigenvalue weighted by atomic mass is 79.9. The fraction of sp³-hybridized carbons (Fsp3) is 0.333. The molecule has 2 aromatic rings. The van der Waals surface area contributed by atoms with Crippen molar-refractivity contribution in [1.82, 2.24) is 9.97 Å². The molecule has 0 amide bonds. The largest absolute Gasteiger partial charge is 0.365 e. The molecule has 0 spiro atoms. The number of aromatic nitrogens is 2. The highest BCUT2D eigenvalue weighted by molar-refractivity contribution is 9.10. The second kappa shape index (κ2) is 5.60. The van der Waals surface area contributed by atoms with E-state index in [1.807, 2.05) is 13.0 Å². The van der Waals surface area contributed by atoms with Crippen LogP contribution in [0.15, 0.2) is 22.0 Å². The standard InChI is InChI=1S/C12H14BrN3S/c1-3-10-5-12(16-8(2)15-10)14-6-11-4-9(13)7-17-11/h4-5,7H,3,6H2,1-2H3,(H,14,15,16). The number of aryl methyl sites for hydroxylation is 2. The van der Waals surface area contributed by atoms with E-state index in [0.717, 1.165) is 34.8 Å². The van der Waals surface area contributed by atoms with Gasteiger partial charge in [-0.15, -0.1) is 11.3 Å². The molecule has 0 aliphatic rings. The molecule has 2 rings (SSSR count). The predicted octanol–water partition coefficient (Wildman–Crippen LogP) is 3.78.